The first-order valence-electron chi connectivity index (χ1n) is 4.69. The summed E-state index contributed by atoms with van der Waals surface area (Å²) in [7, 11) is 0. The molecule has 0 spiro atoms. The zero-order valence-corrected chi connectivity index (χ0v) is 8.35. The van der Waals surface area contributed by atoms with Crippen LogP contribution in [0.4, 0.5) is 4.39 Å². The number of pyridine rings is 1. The summed E-state index contributed by atoms with van der Waals surface area (Å²) in [6, 6.07) is 10.8. The molecule has 2 rings (SSSR count). The summed E-state index contributed by atoms with van der Waals surface area (Å²) in [5.41, 5.74) is 6.65. The van der Waals surface area contributed by atoms with Crippen molar-refractivity contribution >= 4 is 5.91 Å². The Morgan fingerprint density at radius 2 is 1.81 bits per heavy atom. The monoisotopic (exact) mass is 216 g/mol. The Morgan fingerprint density at radius 1 is 1.12 bits per heavy atom. The minimum Gasteiger partial charge on any atom is -0.364 e. The Morgan fingerprint density at radius 3 is 2.44 bits per heavy atom. The van der Waals surface area contributed by atoms with Crippen LogP contribution in [0.3, 0.4) is 0 Å². The highest BCUT2D eigenvalue weighted by atomic mass is 19.1. The lowest BCUT2D eigenvalue weighted by Gasteiger charge is -2.02. The van der Waals surface area contributed by atoms with E-state index in [0.29, 0.717) is 5.69 Å². The summed E-state index contributed by atoms with van der Waals surface area (Å²) < 4.78 is 12.7. The Labute approximate surface area is 91.7 Å². The van der Waals surface area contributed by atoms with Gasteiger partial charge in [0, 0.05) is 5.56 Å². The lowest BCUT2D eigenvalue weighted by Crippen LogP contribution is -2.12. The number of nitrogens with two attached hydrogens (primary N) is 1. The molecule has 0 atom stereocenters. The maximum Gasteiger partial charge on any atom is 0.267 e. The van der Waals surface area contributed by atoms with Crippen molar-refractivity contribution in [3.8, 4) is 11.3 Å². The van der Waals surface area contributed by atoms with E-state index in [2.05, 4.69) is 4.98 Å². The molecule has 0 aliphatic rings. The average molecular weight is 216 g/mol. The second kappa shape index (κ2) is 4.10. The zero-order valence-electron chi connectivity index (χ0n) is 8.35. The van der Waals surface area contributed by atoms with Crippen molar-refractivity contribution < 1.29 is 9.18 Å². The minimum atomic E-state index is -0.580. The molecule has 0 aliphatic heterocycles. The lowest BCUT2D eigenvalue weighted by molar-refractivity contribution is 0.0995. The number of hydrogen-bond acceptors (Lipinski definition) is 2. The third-order valence-corrected chi connectivity index (χ3v) is 2.14. The van der Waals surface area contributed by atoms with Crippen LogP contribution in [0.1, 0.15) is 10.5 Å². The van der Waals surface area contributed by atoms with Gasteiger partial charge >= 0.3 is 0 Å². The standard InChI is InChI=1S/C12H9FN2O/c13-9-6-4-8(5-7-9)10-2-1-3-11(15-10)12(14)16/h1-7H,(H2,14,16). The SMILES string of the molecule is NC(=O)c1cccc(-c2ccc(F)cc2)n1. The predicted octanol–water partition coefficient (Wildman–Crippen LogP) is 1.99. The number of hydrogen-bond donors (Lipinski definition) is 1. The Kier molecular flexibility index (Phi) is 2.64. The van der Waals surface area contributed by atoms with Gasteiger partial charge in [-0.3, -0.25) is 4.79 Å². The van der Waals surface area contributed by atoms with E-state index in [1.165, 1.54) is 18.2 Å². The largest absolute Gasteiger partial charge is 0.364 e. The molecule has 0 aliphatic carbocycles. The van der Waals surface area contributed by atoms with E-state index in [9.17, 15) is 9.18 Å². The molecule has 2 aromatic rings. The first kappa shape index (κ1) is 10.3. The molecule has 1 aromatic heterocycles. The van der Waals surface area contributed by atoms with E-state index < -0.39 is 5.91 Å². The Hall–Kier alpha value is -2.23. The molecule has 1 heterocycles. The molecule has 0 bridgehead atoms. The smallest absolute Gasteiger partial charge is 0.267 e. The van der Waals surface area contributed by atoms with Crippen LogP contribution in [0.2, 0.25) is 0 Å². The van der Waals surface area contributed by atoms with Gasteiger partial charge in [-0.25, -0.2) is 9.37 Å². The summed E-state index contributed by atoms with van der Waals surface area (Å²) in [6.07, 6.45) is 0. The van der Waals surface area contributed by atoms with E-state index in [1.54, 1.807) is 24.3 Å². The van der Waals surface area contributed by atoms with Gasteiger partial charge in [0.05, 0.1) is 5.69 Å². The van der Waals surface area contributed by atoms with Crippen LogP contribution in [-0.4, -0.2) is 10.9 Å². The minimum absolute atomic E-state index is 0.196. The van der Waals surface area contributed by atoms with Gasteiger partial charge in [0.2, 0.25) is 0 Å². The molecule has 1 aromatic carbocycles. The highest BCUT2D eigenvalue weighted by molar-refractivity contribution is 5.91. The average Bonchev–Trinajstić information content (AvgIpc) is 2.30. The fraction of sp³-hybridized carbons (Fsp3) is 0. The Balaban J connectivity index is 2.44. The molecular formula is C12H9FN2O. The van der Waals surface area contributed by atoms with Gasteiger partial charge in [-0.1, -0.05) is 6.07 Å². The molecule has 3 nitrogen and oxygen atoms in total. The van der Waals surface area contributed by atoms with Gasteiger partial charge in [-0.05, 0) is 36.4 Å². The predicted molar refractivity (Wildman–Crippen MR) is 58.1 cm³/mol. The van der Waals surface area contributed by atoms with Gasteiger partial charge in [0.15, 0.2) is 0 Å². The number of halogens is 1. The highest BCUT2D eigenvalue weighted by Gasteiger charge is 2.04. The Bertz CT molecular complexity index is 523. The van der Waals surface area contributed by atoms with Crippen LogP contribution in [-0.2, 0) is 0 Å². The number of nitrogens with zero attached hydrogens (tertiary/aromatic N) is 1. The number of aromatic nitrogens is 1. The van der Waals surface area contributed by atoms with Crippen molar-refractivity contribution in [3.05, 3.63) is 54.0 Å². The quantitative estimate of drug-likeness (QED) is 0.834. The van der Waals surface area contributed by atoms with Crippen molar-refractivity contribution in [2.24, 2.45) is 5.73 Å². The molecular weight excluding hydrogens is 207 g/mol. The molecule has 2 N–H and O–H groups in total. The maximum atomic E-state index is 12.7. The summed E-state index contributed by atoms with van der Waals surface area (Å²) in [5.74, 6) is -0.890. The molecule has 4 heteroatoms. The van der Waals surface area contributed by atoms with Crippen LogP contribution in [0.25, 0.3) is 11.3 Å². The van der Waals surface area contributed by atoms with Crippen LogP contribution in [0.5, 0.6) is 0 Å². The first-order chi connectivity index (χ1) is 7.66. The number of amides is 1. The van der Waals surface area contributed by atoms with Crippen LogP contribution in [0, 0.1) is 5.82 Å². The first-order valence-corrected chi connectivity index (χ1v) is 4.69. The second-order valence-electron chi connectivity index (χ2n) is 3.28. The number of carbonyl (C=O) groups is 1. The molecule has 0 fully saturated rings. The van der Waals surface area contributed by atoms with Crippen LogP contribution in [0.15, 0.2) is 42.5 Å². The summed E-state index contributed by atoms with van der Waals surface area (Å²) in [4.78, 5) is 15.0. The third kappa shape index (κ3) is 2.06. The van der Waals surface area contributed by atoms with Gasteiger partial charge in [0.25, 0.3) is 5.91 Å². The number of primary amides is 1. The fourth-order valence-electron chi connectivity index (χ4n) is 1.35. The van der Waals surface area contributed by atoms with E-state index in [1.807, 2.05) is 0 Å². The molecule has 0 unspecified atom stereocenters. The number of rotatable bonds is 2. The topological polar surface area (TPSA) is 56.0 Å². The normalized spacial score (nSPS) is 10.1. The van der Waals surface area contributed by atoms with Gasteiger partial charge in [0.1, 0.15) is 11.5 Å². The van der Waals surface area contributed by atoms with E-state index in [0.717, 1.165) is 5.56 Å². The van der Waals surface area contributed by atoms with Gasteiger partial charge < -0.3 is 5.73 Å². The van der Waals surface area contributed by atoms with Gasteiger partial charge in [-0.15, -0.1) is 0 Å². The third-order valence-electron chi connectivity index (χ3n) is 2.14. The van der Waals surface area contributed by atoms with Crippen molar-refractivity contribution in [2.45, 2.75) is 0 Å². The summed E-state index contributed by atoms with van der Waals surface area (Å²) in [5, 5.41) is 0. The fourth-order valence-corrected chi connectivity index (χ4v) is 1.35. The van der Waals surface area contributed by atoms with Crippen LogP contribution < -0.4 is 5.73 Å². The van der Waals surface area contributed by atoms with E-state index in [4.69, 9.17) is 5.73 Å². The van der Waals surface area contributed by atoms with E-state index >= 15 is 0 Å². The molecule has 0 saturated carbocycles. The maximum absolute atomic E-state index is 12.7. The summed E-state index contributed by atoms with van der Waals surface area (Å²) >= 11 is 0. The molecule has 0 radical (unpaired) electrons. The molecule has 0 saturated heterocycles. The highest BCUT2D eigenvalue weighted by Crippen LogP contribution is 2.17. The van der Waals surface area contributed by atoms with Crippen molar-refractivity contribution in [3.63, 3.8) is 0 Å². The van der Waals surface area contributed by atoms with Crippen molar-refractivity contribution in [1.82, 2.24) is 4.98 Å². The van der Waals surface area contributed by atoms with Crippen LogP contribution >= 0.6 is 0 Å². The lowest BCUT2D eigenvalue weighted by atomic mass is 10.1. The molecule has 16 heavy (non-hydrogen) atoms. The van der Waals surface area contributed by atoms with Crippen molar-refractivity contribution in [1.29, 1.82) is 0 Å². The summed E-state index contributed by atoms with van der Waals surface area (Å²) in [6.45, 7) is 0. The second-order valence-corrected chi connectivity index (χ2v) is 3.28. The molecule has 80 valence electrons. The van der Waals surface area contributed by atoms with Gasteiger partial charge in [-0.2, -0.15) is 0 Å². The molecule has 1 amide bonds. The zero-order chi connectivity index (χ0) is 11.5. The number of carbonyl (C=O) groups excluding carboxylic acids is 1. The van der Waals surface area contributed by atoms with Crippen molar-refractivity contribution in [2.75, 3.05) is 0 Å². The van der Waals surface area contributed by atoms with E-state index in [-0.39, 0.29) is 11.5 Å². The number of benzene rings is 1.